The summed E-state index contributed by atoms with van der Waals surface area (Å²) < 4.78 is 5.77. The first-order valence-electron chi connectivity index (χ1n) is 8.41. The maximum absolute atomic E-state index is 12.5. The number of nitrogens with zero attached hydrogens (tertiary/aromatic N) is 2. The Kier molecular flexibility index (Phi) is 4.37. The molecule has 132 valence electrons. The summed E-state index contributed by atoms with van der Waals surface area (Å²) in [7, 11) is 0. The largest absolute Gasteiger partial charge is 0.440 e. The zero-order valence-electron chi connectivity index (χ0n) is 14.8. The van der Waals surface area contributed by atoms with Crippen molar-refractivity contribution in [2.45, 2.75) is 32.6 Å². The van der Waals surface area contributed by atoms with Crippen molar-refractivity contribution in [2.75, 3.05) is 18.4 Å². The molecule has 2 heterocycles. The second-order valence-corrected chi connectivity index (χ2v) is 7.41. The van der Waals surface area contributed by atoms with E-state index in [0.717, 1.165) is 5.52 Å². The van der Waals surface area contributed by atoms with Crippen LogP contribution < -0.4 is 5.32 Å². The monoisotopic (exact) mass is 341 g/mol. The number of fused-ring (bicyclic) bond motifs is 1. The molecule has 1 aliphatic rings. The molecular weight excluding hydrogens is 318 g/mol. The zero-order chi connectivity index (χ0) is 18.2. The van der Waals surface area contributed by atoms with Crippen LogP contribution in [0.5, 0.6) is 0 Å². The minimum Gasteiger partial charge on any atom is -0.440 e. The number of oxazole rings is 1. The van der Waals surface area contributed by atoms with Crippen LogP contribution in [0.3, 0.4) is 0 Å². The minimum absolute atomic E-state index is 0.0850. The number of hydrogen-bond acceptors (Lipinski definition) is 4. The number of benzene rings is 1. The summed E-state index contributed by atoms with van der Waals surface area (Å²) in [5, 5.41) is 2.92. The first kappa shape index (κ1) is 17.2. The summed E-state index contributed by atoms with van der Waals surface area (Å²) in [6.45, 7) is 10.6. The molecule has 0 radical (unpaired) electrons. The third kappa shape index (κ3) is 3.57. The first-order valence-corrected chi connectivity index (χ1v) is 8.41. The molecule has 25 heavy (non-hydrogen) atoms. The van der Waals surface area contributed by atoms with Gasteiger partial charge in [0, 0.05) is 24.2 Å². The second-order valence-electron chi connectivity index (χ2n) is 7.41. The van der Waals surface area contributed by atoms with Crippen molar-refractivity contribution in [3.05, 3.63) is 36.7 Å². The maximum Gasteiger partial charge on any atom is 0.245 e. The number of nitrogens with one attached hydrogen (secondary N) is 1. The summed E-state index contributed by atoms with van der Waals surface area (Å²) in [5.74, 6) is 0.245. The lowest BCUT2D eigenvalue weighted by Crippen LogP contribution is -2.30. The van der Waals surface area contributed by atoms with E-state index < -0.39 is 0 Å². The van der Waals surface area contributed by atoms with E-state index in [1.54, 1.807) is 11.0 Å². The SMILES string of the molecule is C=CC(=O)N1CCC(C(=O)Nc2ccc3oc(C(C)(C)C)nc3c2)C1. The molecule has 0 spiro atoms. The molecule has 1 unspecified atom stereocenters. The molecule has 6 nitrogen and oxygen atoms in total. The van der Waals surface area contributed by atoms with Crippen molar-refractivity contribution < 1.29 is 14.0 Å². The number of carbonyl (C=O) groups is 2. The first-order chi connectivity index (χ1) is 11.8. The van der Waals surface area contributed by atoms with Crippen LogP contribution in [0.25, 0.3) is 11.1 Å². The Labute approximate surface area is 146 Å². The average molecular weight is 341 g/mol. The van der Waals surface area contributed by atoms with Gasteiger partial charge in [0.25, 0.3) is 0 Å². The summed E-state index contributed by atoms with van der Waals surface area (Å²) in [4.78, 5) is 30.2. The van der Waals surface area contributed by atoms with Gasteiger partial charge in [-0.3, -0.25) is 9.59 Å². The van der Waals surface area contributed by atoms with Crippen LogP contribution in [0.2, 0.25) is 0 Å². The highest BCUT2D eigenvalue weighted by atomic mass is 16.3. The van der Waals surface area contributed by atoms with E-state index in [2.05, 4.69) is 16.9 Å². The van der Waals surface area contributed by atoms with Crippen molar-refractivity contribution in [3.8, 4) is 0 Å². The van der Waals surface area contributed by atoms with Gasteiger partial charge in [0.05, 0.1) is 5.92 Å². The fourth-order valence-corrected chi connectivity index (χ4v) is 2.87. The highest BCUT2D eigenvalue weighted by Crippen LogP contribution is 2.28. The summed E-state index contributed by atoms with van der Waals surface area (Å²) in [6, 6.07) is 5.43. The Balaban J connectivity index is 1.71. The molecule has 2 aromatic rings. The Bertz CT molecular complexity index is 832. The van der Waals surface area contributed by atoms with Crippen molar-refractivity contribution >= 4 is 28.6 Å². The van der Waals surface area contributed by atoms with Gasteiger partial charge in [-0.1, -0.05) is 27.4 Å². The number of hydrogen-bond donors (Lipinski definition) is 1. The predicted octanol–water partition coefficient (Wildman–Crippen LogP) is 3.10. The third-order valence-electron chi connectivity index (χ3n) is 4.34. The van der Waals surface area contributed by atoms with E-state index in [1.807, 2.05) is 32.9 Å². The highest BCUT2D eigenvalue weighted by Gasteiger charge is 2.30. The normalized spacial score (nSPS) is 17.7. The van der Waals surface area contributed by atoms with E-state index >= 15 is 0 Å². The molecule has 0 saturated carbocycles. The van der Waals surface area contributed by atoms with Crippen LogP contribution in [0, 0.1) is 5.92 Å². The standard InChI is InChI=1S/C19H23N3O3/c1-5-16(23)22-9-8-12(11-22)17(24)20-13-6-7-15-14(10-13)21-18(25-15)19(2,3)4/h5-7,10,12H,1,8-9,11H2,2-4H3,(H,20,24). The number of aromatic nitrogens is 1. The van der Waals surface area contributed by atoms with Crippen LogP contribution in [0.15, 0.2) is 35.3 Å². The lowest BCUT2D eigenvalue weighted by molar-refractivity contribution is -0.125. The van der Waals surface area contributed by atoms with E-state index in [0.29, 0.717) is 36.7 Å². The van der Waals surface area contributed by atoms with E-state index in [4.69, 9.17) is 4.42 Å². The maximum atomic E-state index is 12.5. The van der Waals surface area contributed by atoms with Crippen molar-refractivity contribution in [1.82, 2.24) is 9.88 Å². The summed E-state index contributed by atoms with van der Waals surface area (Å²) >= 11 is 0. The number of rotatable bonds is 3. The van der Waals surface area contributed by atoms with Gasteiger partial charge in [-0.05, 0) is 30.7 Å². The van der Waals surface area contributed by atoms with E-state index in [9.17, 15) is 9.59 Å². The third-order valence-corrected chi connectivity index (χ3v) is 4.34. The molecule has 1 atom stereocenters. The molecule has 1 fully saturated rings. The van der Waals surface area contributed by atoms with Gasteiger partial charge in [-0.25, -0.2) is 4.98 Å². The zero-order valence-corrected chi connectivity index (χ0v) is 14.8. The minimum atomic E-state index is -0.206. The van der Waals surface area contributed by atoms with Gasteiger partial charge < -0.3 is 14.6 Å². The van der Waals surface area contributed by atoms with Crippen molar-refractivity contribution in [3.63, 3.8) is 0 Å². The fourth-order valence-electron chi connectivity index (χ4n) is 2.87. The number of anilines is 1. The van der Waals surface area contributed by atoms with Crippen LogP contribution in [0.1, 0.15) is 33.1 Å². The van der Waals surface area contributed by atoms with Gasteiger partial charge in [-0.2, -0.15) is 0 Å². The molecule has 1 aromatic carbocycles. The Morgan fingerprint density at radius 2 is 2.16 bits per heavy atom. The lowest BCUT2D eigenvalue weighted by atomic mass is 9.97. The smallest absolute Gasteiger partial charge is 0.245 e. The molecular formula is C19H23N3O3. The van der Waals surface area contributed by atoms with Gasteiger partial charge >= 0.3 is 0 Å². The molecule has 1 N–H and O–H groups in total. The summed E-state index contributed by atoms with van der Waals surface area (Å²) in [6.07, 6.45) is 1.94. The molecule has 3 rings (SSSR count). The number of carbonyl (C=O) groups excluding carboxylic acids is 2. The topological polar surface area (TPSA) is 75.4 Å². The van der Waals surface area contributed by atoms with Crippen LogP contribution >= 0.6 is 0 Å². The Morgan fingerprint density at radius 1 is 1.40 bits per heavy atom. The molecule has 2 amide bonds. The predicted molar refractivity (Wildman–Crippen MR) is 96.2 cm³/mol. The van der Waals surface area contributed by atoms with Crippen molar-refractivity contribution in [1.29, 1.82) is 0 Å². The van der Waals surface area contributed by atoms with Crippen molar-refractivity contribution in [2.24, 2.45) is 5.92 Å². The highest BCUT2D eigenvalue weighted by molar-refractivity contribution is 5.95. The van der Waals surface area contributed by atoms with Gasteiger partial charge in [0.1, 0.15) is 5.52 Å². The van der Waals surface area contributed by atoms with Crippen LogP contribution in [-0.4, -0.2) is 34.8 Å². The fraction of sp³-hybridized carbons (Fsp3) is 0.421. The van der Waals surface area contributed by atoms with Crippen LogP contribution in [0.4, 0.5) is 5.69 Å². The molecule has 6 heteroatoms. The van der Waals surface area contributed by atoms with E-state index in [1.165, 1.54) is 6.08 Å². The van der Waals surface area contributed by atoms with Gasteiger partial charge in [0.2, 0.25) is 17.7 Å². The number of amides is 2. The lowest BCUT2D eigenvalue weighted by Gasteiger charge is -2.14. The Hall–Kier alpha value is -2.63. The molecule has 0 bridgehead atoms. The van der Waals surface area contributed by atoms with E-state index in [-0.39, 0.29) is 23.1 Å². The number of likely N-dealkylation sites (tertiary alicyclic amines) is 1. The molecule has 1 aliphatic heterocycles. The van der Waals surface area contributed by atoms with Gasteiger partial charge in [0.15, 0.2) is 5.58 Å². The molecule has 1 saturated heterocycles. The summed E-state index contributed by atoms with van der Waals surface area (Å²) in [5.41, 5.74) is 1.93. The van der Waals surface area contributed by atoms with Crippen LogP contribution in [-0.2, 0) is 15.0 Å². The Morgan fingerprint density at radius 3 is 2.84 bits per heavy atom. The quantitative estimate of drug-likeness (QED) is 0.871. The second kappa shape index (κ2) is 6.35. The molecule has 0 aliphatic carbocycles. The van der Waals surface area contributed by atoms with Gasteiger partial charge in [-0.15, -0.1) is 0 Å². The average Bonchev–Trinajstić information content (AvgIpc) is 3.20. The molecule has 1 aromatic heterocycles.